The maximum absolute atomic E-state index is 11.5. The maximum atomic E-state index is 11.5. The van der Waals surface area contributed by atoms with Gasteiger partial charge >= 0.3 is 0 Å². The number of furan rings is 1. The fourth-order valence-electron chi connectivity index (χ4n) is 10.8. The van der Waals surface area contributed by atoms with Gasteiger partial charge in [0.05, 0.1) is 50.5 Å². The number of hydrogen-bond acceptors (Lipinski definition) is 3. The standard InChI is InChI=1S/C58H47N5O/c1-57(2,3)35-19-23-48-42(29-35)43-30-36(58(4,5)6)20-24-49(43)62(48)52-27-34(32-59)28-53(45(52)33-60)63-50-25-21-37(61-46-16-10-7-13-38(46)39-14-8-11-17-47(39)61)31-44(50)55-51(63)26-22-41-40-15-9-12-18-54(40)64-56(41)55/h9-12,15-31H,7-8,13-14H2,1-6H3. The molecule has 0 saturated carbocycles. The number of para-hydroxylation sites is 1. The highest BCUT2D eigenvalue weighted by Gasteiger charge is 2.28. The number of rotatable bonds is 3. The third-order valence-corrected chi connectivity index (χ3v) is 14.0. The average molecular weight is 830 g/mol. The van der Waals surface area contributed by atoms with Crippen molar-refractivity contribution in [2.75, 3.05) is 0 Å². The zero-order valence-corrected chi connectivity index (χ0v) is 37.1. The molecule has 2 aliphatic carbocycles. The van der Waals surface area contributed by atoms with Crippen LogP contribution in [0.4, 0.5) is 0 Å². The van der Waals surface area contributed by atoms with E-state index in [0.29, 0.717) is 22.5 Å². The van der Waals surface area contributed by atoms with Crippen LogP contribution in [-0.4, -0.2) is 13.7 Å². The Bertz CT molecular complexity index is 3710. The Balaban J connectivity index is 1.19. The topological polar surface area (TPSA) is 75.5 Å². The molecule has 10 aromatic rings. The van der Waals surface area contributed by atoms with Crippen molar-refractivity contribution in [3.63, 3.8) is 0 Å². The van der Waals surface area contributed by atoms with Crippen LogP contribution in [0.5, 0.6) is 0 Å². The van der Waals surface area contributed by atoms with Gasteiger partial charge in [0.15, 0.2) is 0 Å². The molecule has 6 aromatic carbocycles. The molecule has 12 rings (SSSR count). The Morgan fingerprint density at radius 2 is 1.09 bits per heavy atom. The van der Waals surface area contributed by atoms with E-state index >= 15 is 0 Å². The molecular formula is C58H47N5O. The molecule has 4 heterocycles. The van der Waals surface area contributed by atoms with Crippen molar-refractivity contribution < 1.29 is 4.42 Å². The molecule has 0 saturated heterocycles. The van der Waals surface area contributed by atoms with Gasteiger partial charge in [0.25, 0.3) is 0 Å². The van der Waals surface area contributed by atoms with Crippen molar-refractivity contribution in [3.05, 3.63) is 160 Å². The number of allylic oxidation sites excluding steroid dienone is 2. The summed E-state index contributed by atoms with van der Waals surface area (Å²) in [6, 6.07) is 41.6. The minimum absolute atomic E-state index is 0.0644. The summed E-state index contributed by atoms with van der Waals surface area (Å²) in [7, 11) is 0. The highest BCUT2D eigenvalue weighted by Crippen LogP contribution is 2.45. The molecule has 0 bridgehead atoms. The predicted molar refractivity (Wildman–Crippen MR) is 263 cm³/mol. The highest BCUT2D eigenvalue weighted by atomic mass is 16.3. The van der Waals surface area contributed by atoms with Crippen LogP contribution >= 0.6 is 0 Å². The molecule has 64 heavy (non-hydrogen) atoms. The third-order valence-electron chi connectivity index (χ3n) is 14.0. The molecule has 0 unspecified atom stereocenters. The molecule has 0 atom stereocenters. The first-order valence-electron chi connectivity index (χ1n) is 22.5. The largest absolute Gasteiger partial charge is 0.455 e. The van der Waals surface area contributed by atoms with E-state index in [1.165, 1.54) is 33.6 Å². The smallest absolute Gasteiger partial charge is 0.145 e. The lowest BCUT2D eigenvalue weighted by Gasteiger charge is -2.19. The average Bonchev–Trinajstić information content (AvgIpc) is 4.03. The van der Waals surface area contributed by atoms with E-state index < -0.39 is 0 Å². The van der Waals surface area contributed by atoms with Crippen molar-refractivity contribution >= 4 is 77.7 Å². The summed E-state index contributed by atoms with van der Waals surface area (Å²) in [4.78, 5) is 0. The zero-order chi connectivity index (χ0) is 43.8. The summed E-state index contributed by atoms with van der Waals surface area (Å²) in [6.45, 7) is 13.5. The molecule has 0 spiro atoms. The molecule has 4 aromatic heterocycles. The lowest BCUT2D eigenvalue weighted by Crippen LogP contribution is -2.10. The highest BCUT2D eigenvalue weighted by molar-refractivity contribution is 6.24. The van der Waals surface area contributed by atoms with Crippen molar-refractivity contribution in [2.24, 2.45) is 0 Å². The van der Waals surface area contributed by atoms with E-state index in [2.05, 4.69) is 171 Å². The minimum Gasteiger partial charge on any atom is -0.455 e. The molecular weight excluding hydrogens is 783 g/mol. The van der Waals surface area contributed by atoms with Crippen LogP contribution in [0.3, 0.4) is 0 Å². The van der Waals surface area contributed by atoms with Crippen LogP contribution in [-0.2, 0) is 23.7 Å². The monoisotopic (exact) mass is 829 g/mol. The van der Waals surface area contributed by atoms with Gasteiger partial charge < -0.3 is 18.1 Å². The van der Waals surface area contributed by atoms with Crippen molar-refractivity contribution in [2.45, 2.75) is 78.1 Å². The lowest BCUT2D eigenvalue weighted by molar-refractivity contribution is 0.590. The second kappa shape index (κ2) is 13.5. The summed E-state index contributed by atoms with van der Waals surface area (Å²) < 4.78 is 13.6. The van der Waals surface area contributed by atoms with Crippen LogP contribution in [0.1, 0.15) is 99.2 Å². The van der Waals surface area contributed by atoms with Gasteiger partial charge in [-0.3, -0.25) is 0 Å². The van der Waals surface area contributed by atoms with Crippen LogP contribution in [0.25, 0.3) is 94.8 Å². The molecule has 0 N–H and O–H groups in total. The van der Waals surface area contributed by atoms with Gasteiger partial charge in [-0.25, -0.2) is 0 Å². The van der Waals surface area contributed by atoms with Crippen molar-refractivity contribution in [3.8, 4) is 29.2 Å². The first-order chi connectivity index (χ1) is 30.9. The Kier molecular flexibility index (Phi) is 8.04. The molecule has 6 heteroatoms. The van der Waals surface area contributed by atoms with Crippen LogP contribution < -0.4 is 0 Å². The second-order valence-corrected chi connectivity index (χ2v) is 19.8. The summed E-state index contributed by atoms with van der Waals surface area (Å²) in [5.41, 5.74) is 16.6. The minimum atomic E-state index is -0.0644. The van der Waals surface area contributed by atoms with E-state index in [1.54, 1.807) is 0 Å². The molecule has 0 aliphatic heterocycles. The van der Waals surface area contributed by atoms with Gasteiger partial charge in [0.1, 0.15) is 22.8 Å². The molecule has 2 aliphatic rings. The molecule has 6 nitrogen and oxygen atoms in total. The first kappa shape index (κ1) is 38.2. The number of fused-ring (bicyclic) bond motifs is 13. The number of nitrogens with zero attached hydrogens (tertiary/aromatic N) is 5. The van der Waals surface area contributed by atoms with Crippen LogP contribution in [0.2, 0.25) is 0 Å². The first-order valence-corrected chi connectivity index (χ1v) is 22.5. The summed E-state index contributed by atoms with van der Waals surface area (Å²) >= 11 is 0. The Morgan fingerprint density at radius 1 is 0.531 bits per heavy atom. The summed E-state index contributed by atoms with van der Waals surface area (Å²) in [5, 5.41) is 28.7. The van der Waals surface area contributed by atoms with E-state index in [4.69, 9.17) is 4.42 Å². The third kappa shape index (κ3) is 5.42. The van der Waals surface area contributed by atoms with E-state index in [1.807, 2.05) is 24.3 Å². The van der Waals surface area contributed by atoms with Gasteiger partial charge in [-0.2, -0.15) is 10.5 Å². The quantitative estimate of drug-likeness (QED) is 0.178. The molecule has 0 radical (unpaired) electrons. The number of nitriles is 2. The zero-order valence-electron chi connectivity index (χ0n) is 37.1. The fraction of sp³-hybridized carbons (Fsp3) is 0.207. The molecule has 0 amide bonds. The van der Waals surface area contributed by atoms with Gasteiger partial charge in [0, 0.05) is 44.0 Å². The van der Waals surface area contributed by atoms with Crippen molar-refractivity contribution in [1.29, 1.82) is 10.5 Å². The lowest BCUT2D eigenvalue weighted by atomic mass is 9.85. The second-order valence-electron chi connectivity index (χ2n) is 19.8. The van der Waals surface area contributed by atoms with Gasteiger partial charge in [-0.05, 0) is 144 Å². The number of aromatic nitrogens is 3. The Labute approximate surface area is 372 Å². The van der Waals surface area contributed by atoms with Crippen LogP contribution in [0, 0.1) is 22.7 Å². The van der Waals surface area contributed by atoms with E-state index in [-0.39, 0.29) is 10.8 Å². The van der Waals surface area contributed by atoms with E-state index in [9.17, 15) is 10.5 Å². The van der Waals surface area contributed by atoms with Gasteiger partial charge in [-0.15, -0.1) is 0 Å². The predicted octanol–water partition coefficient (Wildman–Crippen LogP) is 14.8. The van der Waals surface area contributed by atoms with Gasteiger partial charge in [0.2, 0.25) is 0 Å². The SMILES string of the molecule is CC(C)(C)c1ccc2c(c1)c1cc(C(C)(C)C)ccc1n2-c1cc(C#N)cc(-n2c3ccc(-n4c5c(c6c4C=CCC6)CCC=C5)cc3c3c4oc5ccccc5c4ccc32)c1C#N. The summed E-state index contributed by atoms with van der Waals surface area (Å²) in [5.74, 6) is 0. The number of hydrogen-bond donors (Lipinski definition) is 0. The summed E-state index contributed by atoms with van der Waals surface area (Å²) in [6.07, 6.45) is 13.4. The Hall–Kier alpha value is -7.54. The van der Waals surface area contributed by atoms with E-state index in [0.717, 1.165) is 96.9 Å². The maximum Gasteiger partial charge on any atom is 0.145 e. The number of benzene rings is 6. The van der Waals surface area contributed by atoms with Crippen molar-refractivity contribution in [1.82, 2.24) is 13.7 Å². The normalized spacial score (nSPS) is 14.0. The fourth-order valence-corrected chi connectivity index (χ4v) is 10.8. The Morgan fingerprint density at radius 3 is 1.69 bits per heavy atom. The van der Waals surface area contributed by atoms with Crippen LogP contribution in [0.15, 0.2) is 120 Å². The van der Waals surface area contributed by atoms with Gasteiger partial charge in [-0.1, -0.05) is 84.0 Å². The molecule has 310 valence electrons. The molecule has 0 fully saturated rings.